The van der Waals surface area contributed by atoms with E-state index in [2.05, 4.69) is 55.0 Å². The minimum atomic E-state index is -0.463. The maximum atomic E-state index is 12.0. The van der Waals surface area contributed by atoms with Crippen molar-refractivity contribution in [2.75, 3.05) is 13.2 Å². The second-order valence-corrected chi connectivity index (χ2v) is 8.33. The number of carbonyl (C=O) groups excluding carboxylic acids is 2. The summed E-state index contributed by atoms with van der Waals surface area (Å²) in [5, 5.41) is 2.36. The summed E-state index contributed by atoms with van der Waals surface area (Å²) in [4.78, 5) is 23.8. The van der Waals surface area contributed by atoms with Gasteiger partial charge in [0.05, 0.1) is 4.47 Å². The molecule has 0 unspecified atom stereocenters. The SMILES string of the molecule is CCc1ccc(OCC(=O)NC(=S)NNC(=O)COc2ccc(Br)cc2C)c(Br)c1. The van der Waals surface area contributed by atoms with Gasteiger partial charge in [-0.25, -0.2) is 0 Å². The number of hydrogen-bond acceptors (Lipinski definition) is 5. The molecular weight excluding hydrogens is 538 g/mol. The summed E-state index contributed by atoms with van der Waals surface area (Å²) in [6, 6.07) is 11.1. The van der Waals surface area contributed by atoms with Crippen molar-refractivity contribution in [3.8, 4) is 11.5 Å². The van der Waals surface area contributed by atoms with E-state index in [0.717, 1.165) is 26.5 Å². The Hall–Kier alpha value is -2.17. The molecule has 2 amide bonds. The summed E-state index contributed by atoms with van der Waals surface area (Å²) < 4.78 is 12.6. The van der Waals surface area contributed by atoms with Crippen molar-refractivity contribution in [1.29, 1.82) is 0 Å². The number of benzene rings is 2. The fraction of sp³-hybridized carbons (Fsp3) is 0.250. The highest BCUT2D eigenvalue weighted by Crippen LogP contribution is 2.26. The van der Waals surface area contributed by atoms with Crippen LogP contribution in [0.3, 0.4) is 0 Å². The molecule has 10 heteroatoms. The van der Waals surface area contributed by atoms with Crippen LogP contribution in [0.4, 0.5) is 0 Å². The standard InChI is InChI=1S/C20H21Br2N3O4S/c1-3-13-4-6-17(15(22)9-13)29-10-18(26)23-20(30)25-24-19(27)11-28-16-7-5-14(21)8-12(16)2/h4-9H,3,10-11H2,1-2H3,(H,24,27)(H2,23,25,26,30). The van der Waals surface area contributed by atoms with Crippen LogP contribution in [0.5, 0.6) is 11.5 Å². The third kappa shape index (κ3) is 7.92. The average Bonchev–Trinajstić information content (AvgIpc) is 2.70. The number of ether oxygens (including phenoxy) is 2. The van der Waals surface area contributed by atoms with Gasteiger partial charge in [0, 0.05) is 4.47 Å². The topological polar surface area (TPSA) is 88.7 Å². The number of rotatable bonds is 7. The molecule has 2 rings (SSSR count). The van der Waals surface area contributed by atoms with Crippen LogP contribution in [0.2, 0.25) is 0 Å². The quantitative estimate of drug-likeness (QED) is 0.356. The zero-order valence-electron chi connectivity index (χ0n) is 16.4. The zero-order chi connectivity index (χ0) is 22.1. The third-order valence-electron chi connectivity index (χ3n) is 3.83. The lowest BCUT2D eigenvalue weighted by Gasteiger charge is -2.13. The van der Waals surface area contributed by atoms with Gasteiger partial charge in [0.1, 0.15) is 11.5 Å². The van der Waals surface area contributed by atoms with Crippen LogP contribution in [0.25, 0.3) is 0 Å². The van der Waals surface area contributed by atoms with Crippen LogP contribution in [0, 0.1) is 6.92 Å². The minimum absolute atomic E-state index is 0.0582. The first kappa shape index (κ1) is 24.1. The molecule has 0 aromatic heterocycles. The number of nitrogens with one attached hydrogen (secondary N) is 3. The van der Waals surface area contributed by atoms with Gasteiger partial charge in [-0.1, -0.05) is 28.9 Å². The highest BCUT2D eigenvalue weighted by molar-refractivity contribution is 9.10. The van der Waals surface area contributed by atoms with Gasteiger partial charge in [-0.3, -0.25) is 25.8 Å². The number of amides is 2. The van der Waals surface area contributed by atoms with Crippen LogP contribution in [0.1, 0.15) is 18.1 Å². The average molecular weight is 559 g/mol. The molecule has 0 saturated heterocycles. The summed E-state index contributed by atoms with van der Waals surface area (Å²) >= 11 is 11.8. The second-order valence-electron chi connectivity index (χ2n) is 6.16. The van der Waals surface area contributed by atoms with E-state index in [0.29, 0.717) is 11.5 Å². The fourth-order valence-corrected chi connectivity index (χ4v) is 3.48. The van der Waals surface area contributed by atoms with Crippen LogP contribution in [-0.2, 0) is 16.0 Å². The Balaban J connectivity index is 1.69. The minimum Gasteiger partial charge on any atom is -0.483 e. The maximum absolute atomic E-state index is 12.0. The van der Waals surface area contributed by atoms with Crippen molar-refractivity contribution in [2.24, 2.45) is 0 Å². The molecule has 3 N–H and O–H groups in total. The van der Waals surface area contributed by atoms with E-state index in [9.17, 15) is 9.59 Å². The predicted octanol–water partition coefficient (Wildman–Crippen LogP) is 3.56. The molecule has 0 heterocycles. The molecule has 0 bridgehead atoms. The summed E-state index contributed by atoms with van der Waals surface area (Å²) in [5.74, 6) is 0.231. The highest BCUT2D eigenvalue weighted by Gasteiger charge is 2.10. The van der Waals surface area contributed by atoms with Crippen molar-refractivity contribution in [3.63, 3.8) is 0 Å². The van der Waals surface area contributed by atoms with Crippen molar-refractivity contribution < 1.29 is 19.1 Å². The van der Waals surface area contributed by atoms with Crippen molar-refractivity contribution in [2.45, 2.75) is 20.3 Å². The Bertz CT molecular complexity index is 940. The zero-order valence-corrected chi connectivity index (χ0v) is 20.4. The van der Waals surface area contributed by atoms with Crippen molar-refractivity contribution in [3.05, 3.63) is 56.5 Å². The van der Waals surface area contributed by atoms with Crippen molar-refractivity contribution >= 4 is 61.0 Å². The Morgan fingerprint density at radius 2 is 1.63 bits per heavy atom. The van der Waals surface area contributed by atoms with Crippen LogP contribution in [-0.4, -0.2) is 30.1 Å². The molecule has 30 heavy (non-hydrogen) atoms. The highest BCUT2D eigenvalue weighted by atomic mass is 79.9. The summed E-state index contributed by atoms with van der Waals surface area (Å²) in [6.45, 7) is 3.48. The fourth-order valence-electron chi connectivity index (χ4n) is 2.30. The molecule has 0 atom stereocenters. The van der Waals surface area contributed by atoms with E-state index in [1.54, 1.807) is 12.1 Å². The first-order valence-corrected chi connectivity index (χ1v) is 11.0. The lowest BCUT2D eigenvalue weighted by molar-refractivity contribution is -0.124. The number of carbonyl (C=O) groups is 2. The van der Waals surface area contributed by atoms with E-state index >= 15 is 0 Å². The van der Waals surface area contributed by atoms with Crippen molar-refractivity contribution in [1.82, 2.24) is 16.2 Å². The van der Waals surface area contributed by atoms with Gasteiger partial charge in [-0.05, 0) is 83.0 Å². The summed E-state index contributed by atoms with van der Waals surface area (Å²) in [7, 11) is 0. The molecule has 0 fully saturated rings. The molecule has 0 aliphatic carbocycles. The van der Waals surface area contributed by atoms with E-state index < -0.39 is 11.8 Å². The van der Waals surface area contributed by atoms with Crippen LogP contribution < -0.4 is 25.6 Å². The molecule has 2 aromatic rings. The molecule has 0 aliphatic rings. The molecule has 7 nitrogen and oxygen atoms in total. The van der Waals surface area contributed by atoms with Gasteiger partial charge >= 0.3 is 0 Å². The van der Waals surface area contributed by atoms with Gasteiger partial charge in [0.15, 0.2) is 18.3 Å². The van der Waals surface area contributed by atoms with E-state index in [1.165, 1.54) is 0 Å². The smallest absolute Gasteiger partial charge is 0.276 e. The van der Waals surface area contributed by atoms with Gasteiger partial charge in [0.2, 0.25) is 0 Å². The maximum Gasteiger partial charge on any atom is 0.276 e. The van der Waals surface area contributed by atoms with E-state index in [1.807, 2.05) is 31.2 Å². The van der Waals surface area contributed by atoms with Gasteiger partial charge in [-0.15, -0.1) is 0 Å². The molecular formula is C20H21Br2N3O4S. The number of hydrogen-bond donors (Lipinski definition) is 3. The Kier molecular flexibility index (Phi) is 9.54. The first-order chi connectivity index (χ1) is 14.3. The Morgan fingerprint density at radius 1 is 0.967 bits per heavy atom. The Morgan fingerprint density at radius 3 is 2.30 bits per heavy atom. The van der Waals surface area contributed by atoms with E-state index in [-0.39, 0.29) is 18.3 Å². The molecule has 2 aromatic carbocycles. The first-order valence-electron chi connectivity index (χ1n) is 8.97. The largest absolute Gasteiger partial charge is 0.483 e. The number of thiocarbonyl (C=S) groups is 1. The molecule has 0 aliphatic heterocycles. The summed E-state index contributed by atoms with van der Waals surface area (Å²) in [6.07, 6.45) is 0.902. The molecule has 0 saturated carbocycles. The lowest BCUT2D eigenvalue weighted by atomic mass is 10.2. The molecule has 160 valence electrons. The van der Waals surface area contributed by atoms with Crippen LogP contribution in [0.15, 0.2) is 45.3 Å². The van der Waals surface area contributed by atoms with Crippen LogP contribution >= 0.6 is 44.1 Å². The predicted molar refractivity (Wildman–Crippen MR) is 125 cm³/mol. The van der Waals surface area contributed by atoms with Gasteiger partial charge in [0.25, 0.3) is 11.8 Å². The second kappa shape index (κ2) is 11.9. The molecule has 0 radical (unpaired) electrons. The number of halogens is 2. The third-order valence-corrected chi connectivity index (χ3v) is 5.14. The monoisotopic (exact) mass is 557 g/mol. The van der Waals surface area contributed by atoms with Gasteiger partial charge < -0.3 is 9.47 Å². The van der Waals surface area contributed by atoms with E-state index in [4.69, 9.17) is 21.7 Å². The van der Waals surface area contributed by atoms with Gasteiger partial charge in [-0.2, -0.15) is 0 Å². The number of hydrazine groups is 1. The molecule has 0 spiro atoms. The summed E-state index contributed by atoms with van der Waals surface area (Å²) in [5.41, 5.74) is 6.85. The number of aryl methyl sites for hydroxylation is 2. The lowest BCUT2D eigenvalue weighted by Crippen LogP contribution is -2.50. The normalized spacial score (nSPS) is 10.1. The Labute approximate surface area is 197 Å².